The summed E-state index contributed by atoms with van der Waals surface area (Å²) in [5.41, 5.74) is 0.460. The lowest BCUT2D eigenvalue weighted by molar-refractivity contribution is -0.146. The molecule has 1 aromatic rings. The van der Waals surface area contributed by atoms with Crippen LogP contribution >= 0.6 is 0 Å². The summed E-state index contributed by atoms with van der Waals surface area (Å²) in [6.07, 6.45) is 1.70. The summed E-state index contributed by atoms with van der Waals surface area (Å²) >= 11 is 0. The standard InChI is InChI=1S/C18H25NO4/c1-18(2,3)23-17(22)19-11-7-10-14(15(19)16(20)21)12-13-8-5-4-6-9-13/h4-6,8-9,14-15H,7,10-12H2,1-3H3,(H,20,21)/t14-,15+/m1/s1. The van der Waals surface area contributed by atoms with Gasteiger partial charge in [-0.3, -0.25) is 4.90 Å². The predicted molar refractivity (Wildman–Crippen MR) is 87.2 cm³/mol. The second-order valence-corrected chi connectivity index (χ2v) is 7.05. The molecule has 1 amide bonds. The molecule has 0 aromatic heterocycles. The number of hydrogen-bond acceptors (Lipinski definition) is 3. The van der Waals surface area contributed by atoms with E-state index in [9.17, 15) is 14.7 Å². The van der Waals surface area contributed by atoms with Gasteiger partial charge in [-0.25, -0.2) is 9.59 Å². The predicted octanol–water partition coefficient (Wildman–Crippen LogP) is 3.33. The Morgan fingerprint density at radius 1 is 1.26 bits per heavy atom. The zero-order chi connectivity index (χ0) is 17.0. The van der Waals surface area contributed by atoms with E-state index in [1.165, 1.54) is 4.90 Å². The van der Waals surface area contributed by atoms with Crippen LogP contribution in [0.1, 0.15) is 39.2 Å². The average molecular weight is 319 g/mol. The number of nitrogens with zero attached hydrogens (tertiary/aromatic N) is 1. The minimum Gasteiger partial charge on any atom is -0.480 e. The first kappa shape index (κ1) is 17.3. The molecule has 0 saturated carbocycles. The fourth-order valence-electron chi connectivity index (χ4n) is 3.07. The first-order chi connectivity index (χ1) is 10.8. The van der Waals surface area contributed by atoms with Crippen LogP contribution in [-0.2, 0) is 16.0 Å². The Morgan fingerprint density at radius 3 is 2.48 bits per heavy atom. The van der Waals surface area contributed by atoms with Gasteiger partial charge >= 0.3 is 12.1 Å². The number of aliphatic carboxylic acids is 1. The number of benzene rings is 1. The quantitative estimate of drug-likeness (QED) is 0.928. The van der Waals surface area contributed by atoms with Crippen molar-refractivity contribution in [2.45, 2.75) is 51.7 Å². The van der Waals surface area contributed by atoms with E-state index in [-0.39, 0.29) is 5.92 Å². The molecule has 1 aliphatic rings. The molecule has 1 saturated heterocycles. The van der Waals surface area contributed by atoms with Gasteiger partial charge in [-0.15, -0.1) is 0 Å². The van der Waals surface area contributed by atoms with Crippen molar-refractivity contribution < 1.29 is 19.4 Å². The zero-order valence-electron chi connectivity index (χ0n) is 14.0. The van der Waals surface area contributed by atoms with Gasteiger partial charge in [-0.1, -0.05) is 30.3 Å². The molecule has 0 aliphatic carbocycles. The van der Waals surface area contributed by atoms with Crippen molar-refractivity contribution in [2.24, 2.45) is 5.92 Å². The monoisotopic (exact) mass is 319 g/mol. The number of rotatable bonds is 3. The normalized spacial score (nSPS) is 21.8. The van der Waals surface area contributed by atoms with Crippen molar-refractivity contribution in [3.05, 3.63) is 35.9 Å². The third-order valence-corrected chi connectivity index (χ3v) is 3.98. The fourth-order valence-corrected chi connectivity index (χ4v) is 3.07. The third kappa shape index (κ3) is 4.71. The molecule has 2 atom stereocenters. The fraction of sp³-hybridized carbons (Fsp3) is 0.556. The van der Waals surface area contributed by atoms with Gasteiger partial charge in [0.2, 0.25) is 0 Å². The van der Waals surface area contributed by atoms with Gasteiger partial charge < -0.3 is 9.84 Å². The Labute approximate surface area is 137 Å². The van der Waals surface area contributed by atoms with Gasteiger partial charge in [-0.2, -0.15) is 0 Å². The van der Waals surface area contributed by atoms with E-state index in [4.69, 9.17) is 4.74 Å². The number of carbonyl (C=O) groups is 2. The number of carbonyl (C=O) groups excluding carboxylic acids is 1. The summed E-state index contributed by atoms with van der Waals surface area (Å²) in [7, 11) is 0. The topological polar surface area (TPSA) is 66.8 Å². The molecule has 0 radical (unpaired) electrons. The van der Waals surface area contributed by atoms with Gasteiger partial charge in [0, 0.05) is 6.54 Å². The molecule has 5 nitrogen and oxygen atoms in total. The molecular formula is C18H25NO4. The SMILES string of the molecule is CC(C)(C)OC(=O)N1CCC[C@H](Cc2ccccc2)[C@H]1C(=O)O. The number of carboxylic acid groups (broad SMARTS) is 1. The molecule has 0 spiro atoms. The van der Waals surface area contributed by atoms with Crippen LogP contribution in [0.2, 0.25) is 0 Å². The van der Waals surface area contributed by atoms with Crippen LogP contribution in [0.5, 0.6) is 0 Å². The minimum atomic E-state index is -0.962. The lowest BCUT2D eigenvalue weighted by Gasteiger charge is -2.39. The maximum absolute atomic E-state index is 12.4. The largest absolute Gasteiger partial charge is 0.480 e. The molecule has 5 heteroatoms. The van der Waals surface area contributed by atoms with Crippen molar-refractivity contribution in [2.75, 3.05) is 6.54 Å². The highest BCUT2D eigenvalue weighted by atomic mass is 16.6. The highest BCUT2D eigenvalue weighted by Crippen LogP contribution is 2.28. The molecule has 1 fully saturated rings. The number of carboxylic acids is 1. The summed E-state index contributed by atoms with van der Waals surface area (Å²) < 4.78 is 5.38. The van der Waals surface area contributed by atoms with Crippen molar-refractivity contribution in [1.82, 2.24) is 4.90 Å². The Kier molecular flexibility index (Phi) is 5.29. The molecule has 0 unspecified atom stereocenters. The van der Waals surface area contributed by atoms with E-state index in [1.54, 1.807) is 20.8 Å². The molecular weight excluding hydrogens is 294 g/mol. The lowest BCUT2D eigenvalue weighted by atomic mass is 9.84. The Hall–Kier alpha value is -2.04. The Balaban J connectivity index is 2.16. The van der Waals surface area contributed by atoms with Gasteiger partial charge in [0.05, 0.1) is 0 Å². The van der Waals surface area contributed by atoms with Crippen LogP contribution in [0, 0.1) is 5.92 Å². The average Bonchev–Trinajstić information content (AvgIpc) is 2.46. The number of ether oxygens (including phenoxy) is 1. The molecule has 1 N–H and O–H groups in total. The van der Waals surface area contributed by atoms with Gasteiger partial charge in [0.15, 0.2) is 0 Å². The van der Waals surface area contributed by atoms with E-state index < -0.39 is 23.7 Å². The molecule has 126 valence electrons. The number of likely N-dealkylation sites (tertiary alicyclic amines) is 1. The van der Waals surface area contributed by atoms with Crippen molar-refractivity contribution in [3.63, 3.8) is 0 Å². The van der Waals surface area contributed by atoms with Crippen molar-refractivity contribution >= 4 is 12.1 Å². The van der Waals surface area contributed by atoms with Gasteiger partial charge in [-0.05, 0) is 51.5 Å². The molecule has 1 aromatic carbocycles. The van der Waals surface area contributed by atoms with Crippen LogP contribution in [0.3, 0.4) is 0 Å². The molecule has 23 heavy (non-hydrogen) atoms. The summed E-state index contributed by atoms with van der Waals surface area (Å²) in [6.45, 7) is 5.78. The van der Waals surface area contributed by atoms with Crippen LogP contribution in [0.25, 0.3) is 0 Å². The number of hydrogen-bond donors (Lipinski definition) is 1. The Bertz CT molecular complexity index is 550. The molecule has 1 aliphatic heterocycles. The highest BCUT2D eigenvalue weighted by molar-refractivity contribution is 5.80. The zero-order valence-corrected chi connectivity index (χ0v) is 14.0. The number of piperidine rings is 1. The van der Waals surface area contributed by atoms with E-state index in [1.807, 2.05) is 30.3 Å². The van der Waals surface area contributed by atoms with Crippen LogP contribution in [0.15, 0.2) is 30.3 Å². The Morgan fingerprint density at radius 2 is 1.91 bits per heavy atom. The number of amides is 1. The second-order valence-electron chi connectivity index (χ2n) is 7.05. The van der Waals surface area contributed by atoms with Crippen molar-refractivity contribution in [3.8, 4) is 0 Å². The maximum Gasteiger partial charge on any atom is 0.411 e. The molecule has 2 rings (SSSR count). The van der Waals surface area contributed by atoms with Crippen LogP contribution < -0.4 is 0 Å². The first-order valence-corrected chi connectivity index (χ1v) is 8.04. The summed E-state index contributed by atoms with van der Waals surface area (Å²) in [6, 6.07) is 8.97. The first-order valence-electron chi connectivity index (χ1n) is 8.04. The van der Waals surface area contributed by atoms with Gasteiger partial charge in [0.1, 0.15) is 11.6 Å². The van der Waals surface area contributed by atoms with Crippen LogP contribution in [0.4, 0.5) is 4.79 Å². The highest BCUT2D eigenvalue weighted by Gasteiger charge is 2.40. The second kappa shape index (κ2) is 7.02. The smallest absolute Gasteiger partial charge is 0.411 e. The summed E-state index contributed by atoms with van der Waals surface area (Å²) in [4.78, 5) is 25.5. The minimum absolute atomic E-state index is 0.101. The summed E-state index contributed by atoms with van der Waals surface area (Å²) in [5.74, 6) is -1.06. The van der Waals surface area contributed by atoms with E-state index in [0.29, 0.717) is 13.0 Å². The molecule has 0 bridgehead atoms. The van der Waals surface area contributed by atoms with Crippen molar-refractivity contribution in [1.29, 1.82) is 0 Å². The van der Waals surface area contributed by atoms with Gasteiger partial charge in [0.25, 0.3) is 0 Å². The summed E-state index contributed by atoms with van der Waals surface area (Å²) in [5, 5.41) is 9.65. The van der Waals surface area contributed by atoms with E-state index in [0.717, 1.165) is 18.4 Å². The van der Waals surface area contributed by atoms with E-state index >= 15 is 0 Å². The molecule has 1 heterocycles. The lowest BCUT2D eigenvalue weighted by Crippen LogP contribution is -2.54. The van der Waals surface area contributed by atoms with Crippen LogP contribution in [-0.4, -0.2) is 40.3 Å². The maximum atomic E-state index is 12.4. The third-order valence-electron chi connectivity index (χ3n) is 3.98. The van der Waals surface area contributed by atoms with E-state index in [2.05, 4.69) is 0 Å².